The van der Waals surface area contributed by atoms with E-state index < -0.39 is 10.2 Å². The second-order valence-electron chi connectivity index (χ2n) is 6.25. The smallest absolute Gasteiger partial charge is 0.282 e. The van der Waals surface area contributed by atoms with Gasteiger partial charge in [-0.05, 0) is 25.3 Å². The van der Waals surface area contributed by atoms with E-state index in [0.29, 0.717) is 45.7 Å². The molecule has 0 unspecified atom stereocenters. The predicted molar refractivity (Wildman–Crippen MR) is 89.4 cm³/mol. The van der Waals surface area contributed by atoms with Gasteiger partial charge in [-0.2, -0.15) is 22.1 Å². The molecule has 134 valence electrons. The van der Waals surface area contributed by atoms with Crippen LogP contribution in [-0.4, -0.2) is 76.9 Å². The molecular weight excluding hydrogens is 330 g/mol. The molecule has 0 spiro atoms. The lowest BCUT2D eigenvalue weighted by atomic mass is 10.2. The first-order chi connectivity index (χ1) is 11.5. The van der Waals surface area contributed by atoms with Gasteiger partial charge in [0, 0.05) is 51.7 Å². The molecular formula is C15H25N5O3S. The van der Waals surface area contributed by atoms with E-state index in [1.54, 1.807) is 32.3 Å². The summed E-state index contributed by atoms with van der Waals surface area (Å²) in [5.41, 5.74) is 0. The molecule has 0 aliphatic carbocycles. The van der Waals surface area contributed by atoms with Crippen LogP contribution in [0, 0.1) is 0 Å². The van der Waals surface area contributed by atoms with Crippen LogP contribution in [0.25, 0.3) is 0 Å². The summed E-state index contributed by atoms with van der Waals surface area (Å²) >= 11 is 0. The summed E-state index contributed by atoms with van der Waals surface area (Å²) < 4.78 is 29.9. The number of carbonyl (C=O) groups excluding carboxylic acids is 1. The number of rotatable bonds is 5. The zero-order valence-corrected chi connectivity index (χ0v) is 14.9. The maximum atomic E-state index is 12.7. The van der Waals surface area contributed by atoms with Gasteiger partial charge >= 0.3 is 0 Å². The predicted octanol–water partition coefficient (Wildman–Crippen LogP) is 0.319. The van der Waals surface area contributed by atoms with Gasteiger partial charge in [0.15, 0.2) is 0 Å². The van der Waals surface area contributed by atoms with Gasteiger partial charge in [-0.15, -0.1) is 0 Å². The highest BCUT2D eigenvalue weighted by molar-refractivity contribution is 7.86. The molecule has 1 aromatic rings. The molecule has 0 aromatic carbocycles. The first-order valence-corrected chi connectivity index (χ1v) is 9.97. The molecule has 2 fully saturated rings. The number of aromatic nitrogens is 2. The molecule has 24 heavy (non-hydrogen) atoms. The summed E-state index contributed by atoms with van der Waals surface area (Å²) in [5.74, 6) is 0.0134. The molecule has 2 aliphatic rings. The topological polar surface area (TPSA) is 78.8 Å². The van der Waals surface area contributed by atoms with Crippen molar-refractivity contribution in [2.75, 3.05) is 39.3 Å². The van der Waals surface area contributed by atoms with Crippen LogP contribution in [0.1, 0.15) is 32.2 Å². The Morgan fingerprint density at radius 3 is 2.25 bits per heavy atom. The van der Waals surface area contributed by atoms with E-state index in [4.69, 9.17) is 0 Å². The Morgan fingerprint density at radius 2 is 1.71 bits per heavy atom. The summed E-state index contributed by atoms with van der Waals surface area (Å²) in [6, 6.07) is 1.48. The Morgan fingerprint density at radius 1 is 1.08 bits per heavy atom. The summed E-state index contributed by atoms with van der Waals surface area (Å²) in [7, 11) is -3.37. The maximum Gasteiger partial charge on any atom is 0.282 e. The fraction of sp³-hybridized carbons (Fsp3) is 0.733. The van der Waals surface area contributed by atoms with Crippen molar-refractivity contribution in [3.8, 4) is 0 Å². The van der Waals surface area contributed by atoms with Crippen molar-refractivity contribution in [2.24, 2.45) is 0 Å². The molecule has 8 nitrogen and oxygen atoms in total. The third kappa shape index (κ3) is 3.33. The zero-order valence-electron chi connectivity index (χ0n) is 14.0. The molecule has 2 aliphatic heterocycles. The minimum atomic E-state index is -3.37. The van der Waals surface area contributed by atoms with Crippen molar-refractivity contribution in [1.82, 2.24) is 23.3 Å². The summed E-state index contributed by atoms with van der Waals surface area (Å²) in [6.07, 6.45) is 5.98. The summed E-state index contributed by atoms with van der Waals surface area (Å²) in [6.45, 7) is 4.77. The number of piperazine rings is 1. The van der Waals surface area contributed by atoms with Crippen molar-refractivity contribution in [2.45, 2.75) is 32.2 Å². The lowest BCUT2D eigenvalue weighted by molar-refractivity contribution is -0.136. The molecule has 2 saturated heterocycles. The van der Waals surface area contributed by atoms with Crippen LogP contribution in [-0.2, 0) is 15.0 Å². The summed E-state index contributed by atoms with van der Waals surface area (Å²) in [4.78, 5) is 14.5. The average Bonchev–Trinajstić information content (AvgIpc) is 3.29. The van der Waals surface area contributed by atoms with Gasteiger partial charge in [0.25, 0.3) is 10.2 Å². The van der Waals surface area contributed by atoms with E-state index in [1.165, 1.54) is 4.31 Å². The van der Waals surface area contributed by atoms with Crippen molar-refractivity contribution in [3.05, 3.63) is 18.5 Å². The molecule has 3 heterocycles. The SMILES string of the molecule is CC[C@@H](C(=O)N1CCN(S(=O)(=O)N2CCCC2)CC1)n1cccn1. The standard InChI is InChI=1S/C15H25N5O3S/c1-2-14(20-9-5-6-16-20)15(21)17-10-12-19(13-11-17)24(22,23)18-7-3-4-8-18/h5-6,9,14H,2-4,7-8,10-13H2,1H3/t14-/m0/s1. The number of hydrogen-bond acceptors (Lipinski definition) is 4. The largest absolute Gasteiger partial charge is 0.338 e. The molecule has 0 N–H and O–H groups in total. The Bertz CT molecular complexity index is 647. The second-order valence-corrected chi connectivity index (χ2v) is 8.18. The van der Waals surface area contributed by atoms with Crippen molar-refractivity contribution in [3.63, 3.8) is 0 Å². The van der Waals surface area contributed by atoms with Crippen LogP contribution >= 0.6 is 0 Å². The van der Waals surface area contributed by atoms with Gasteiger partial charge in [0.2, 0.25) is 5.91 Å². The maximum absolute atomic E-state index is 12.7. The van der Waals surface area contributed by atoms with Crippen molar-refractivity contribution >= 4 is 16.1 Å². The van der Waals surface area contributed by atoms with Gasteiger partial charge in [-0.3, -0.25) is 9.48 Å². The van der Waals surface area contributed by atoms with E-state index >= 15 is 0 Å². The van der Waals surface area contributed by atoms with Gasteiger partial charge < -0.3 is 4.90 Å². The monoisotopic (exact) mass is 355 g/mol. The third-order valence-corrected chi connectivity index (χ3v) is 6.82. The van der Waals surface area contributed by atoms with Crippen molar-refractivity contribution in [1.29, 1.82) is 0 Å². The van der Waals surface area contributed by atoms with Crippen LogP contribution in [0.5, 0.6) is 0 Å². The third-order valence-electron chi connectivity index (χ3n) is 4.78. The Kier molecular flexibility index (Phi) is 5.21. The van der Waals surface area contributed by atoms with Crippen LogP contribution < -0.4 is 0 Å². The van der Waals surface area contributed by atoms with Crippen LogP contribution in [0.2, 0.25) is 0 Å². The minimum Gasteiger partial charge on any atom is -0.338 e. The molecule has 1 amide bonds. The lowest BCUT2D eigenvalue weighted by Crippen LogP contribution is -2.54. The molecule has 0 bridgehead atoms. The van der Waals surface area contributed by atoms with Gasteiger partial charge in [-0.1, -0.05) is 6.92 Å². The zero-order chi connectivity index (χ0) is 17.2. The lowest BCUT2D eigenvalue weighted by Gasteiger charge is -2.37. The number of carbonyl (C=O) groups is 1. The Balaban J connectivity index is 1.61. The van der Waals surface area contributed by atoms with Gasteiger partial charge in [0.05, 0.1) is 0 Å². The first-order valence-electron chi connectivity index (χ1n) is 8.57. The van der Waals surface area contributed by atoms with Crippen LogP contribution in [0.15, 0.2) is 18.5 Å². The van der Waals surface area contributed by atoms with E-state index in [1.807, 2.05) is 6.92 Å². The van der Waals surface area contributed by atoms with E-state index in [-0.39, 0.29) is 11.9 Å². The van der Waals surface area contributed by atoms with E-state index in [2.05, 4.69) is 5.10 Å². The quantitative estimate of drug-likeness (QED) is 0.762. The Hall–Kier alpha value is -1.45. The first kappa shape index (κ1) is 17.4. The van der Waals surface area contributed by atoms with Crippen LogP contribution in [0.3, 0.4) is 0 Å². The normalized spacial score (nSPS) is 22.0. The highest BCUT2D eigenvalue weighted by Crippen LogP contribution is 2.20. The van der Waals surface area contributed by atoms with Crippen LogP contribution in [0.4, 0.5) is 0 Å². The number of hydrogen-bond donors (Lipinski definition) is 0. The molecule has 0 saturated carbocycles. The highest BCUT2D eigenvalue weighted by atomic mass is 32.2. The van der Waals surface area contributed by atoms with Gasteiger partial charge in [-0.25, -0.2) is 0 Å². The average molecular weight is 355 g/mol. The fourth-order valence-electron chi connectivity index (χ4n) is 3.37. The number of nitrogens with zero attached hydrogens (tertiary/aromatic N) is 5. The second kappa shape index (κ2) is 7.20. The Labute approximate surface area is 143 Å². The molecule has 1 atom stereocenters. The van der Waals surface area contributed by atoms with Gasteiger partial charge in [0.1, 0.15) is 6.04 Å². The van der Waals surface area contributed by atoms with E-state index in [9.17, 15) is 13.2 Å². The molecule has 1 aromatic heterocycles. The summed E-state index contributed by atoms with van der Waals surface area (Å²) in [5, 5.41) is 4.17. The fourth-order valence-corrected chi connectivity index (χ4v) is 5.04. The molecule has 9 heteroatoms. The number of amides is 1. The van der Waals surface area contributed by atoms with Crippen molar-refractivity contribution < 1.29 is 13.2 Å². The van der Waals surface area contributed by atoms with E-state index in [0.717, 1.165) is 12.8 Å². The highest BCUT2D eigenvalue weighted by Gasteiger charge is 2.35. The molecule has 0 radical (unpaired) electrons. The molecule has 3 rings (SSSR count). The minimum absolute atomic E-state index is 0.0134.